The van der Waals surface area contributed by atoms with E-state index in [1.165, 1.54) is 5.56 Å². The highest BCUT2D eigenvalue weighted by Crippen LogP contribution is 2.17. The topological polar surface area (TPSA) is 69.0 Å². The summed E-state index contributed by atoms with van der Waals surface area (Å²) >= 11 is 0. The van der Waals surface area contributed by atoms with Crippen LogP contribution >= 0.6 is 0 Å². The van der Waals surface area contributed by atoms with Crippen molar-refractivity contribution in [3.05, 3.63) is 45.3 Å². The average Bonchev–Trinajstić information content (AvgIpc) is 2.18. The molecule has 0 unspecified atom stereocenters. The second-order valence-corrected chi connectivity index (χ2v) is 3.27. The van der Waals surface area contributed by atoms with Gasteiger partial charge in [-0.2, -0.15) is 0 Å². The first-order valence-electron chi connectivity index (χ1n) is 4.41. The first-order chi connectivity index (χ1) is 6.65. The Kier molecular flexibility index (Phi) is 3.51. The molecule has 0 aliphatic rings. The third kappa shape index (κ3) is 2.49. The van der Waals surface area contributed by atoms with Crippen LogP contribution in [0.2, 0.25) is 0 Å². The number of nitrogens with zero attached hydrogens (tertiary/aromatic N) is 3. The minimum Gasteiger partial charge on any atom is -0.388 e. The van der Waals surface area contributed by atoms with Gasteiger partial charge < -0.3 is 5.11 Å². The summed E-state index contributed by atoms with van der Waals surface area (Å²) in [6.07, 6.45) is -0.704. The third-order valence-corrected chi connectivity index (χ3v) is 2.23. The molecule has 0 heterocycles. The van der Waals surface area contributed by atoms with Gasteiger partial charge in [0, 0.05) is 4.91 Å². The van der Waals surface area contributed by atoms with E-state index in [-0.39, 0.29) is 6.54 Å². The number of aliphatic hydroxyl groups excluding tert-OH is 1. The van der Waals surface area contributed by atoms with Crippen molar-refractivity contribution in [2.75, 3.05) is 6.54 Å². The van der Waals surface area contributed by atoms with Crippen LogP contribution in [-0.4, -0.2) is 11.7 Å². The van der Waals surface area contributed by atoms with Gasteiger partial charge in [-0.1, -0.05) is 23.3 Å². The molecule has 1 atom stereocenters. The van der Waals surface area contributed by atoms with Gasteiger partial charge in [0.05, 0.1) is 12.6 Å². The van der Waals surface area contributed by atoms with Crippen LogP contribution in [0.15, 0.2) is 23.3 Å². The fourth-order valence-electron chi connectivity index (χ4n) is 1.19. The molecular formula is C10H13N3O. The van der Waals surface area contributed by atoms with Crippen molar-refractivity contribution in [1.82, 2.24) is 0 Å². The fourth-order valence-corrected chi connectivity index (χ4v) is 1.19. The van der Waals surface area contributed by atoms with Crippen molar-refractivity contribution >= 4 is 0 Å². The Morgan fingerprint density at radius 1 is 1.43 bits per heavy atom. The van der Waals surface area contributed by atoms with Crippen LogP contribution in [-0.2, 0) is 0 Å². The van der Waals surface area contributed by atoms with E-state index in [0.29, 0.717) is 0 Å². The predicted molar refractivity (Wildman–Crippen MR) is 54.9 cm³/mol. The SMILES string of the molecule is Cc1ccc([C@H](O)CN=[N+]=[N-])cc1C. The molecule has 1 N–H and O–H groups in total. The van der Waals surface area contributed by atoms with E-state index < -0.39 is 6.10 Å². The first kappa shape index (κ1) is 10.6. The Bertz CT molecular complexity index is 370. The number of hydrogen-bond acceptors (Lipinski definition) is 2. The van der Waals surface area contributed by atoms with E-state index in [4.69, 9.17) is 5.53 Å². The quantitative estimate of drug-likeness (QED) is 0.445. The molecule has 0 aromatic heterocycles. The number of hydrogen-bond donors (Lipinski definition) is 1. The summed E-state index contributed by atoms with van der Waals surface area (Å²) in [6, 6.07) is 5.71. The van der Waals surface area contributed by atoms with E-state index in [0.717, 1.165) is 11.1 Å². The van der Waals surface area contributed by atoms with Crippen molar-refractivity contribution in [3.8, 4) is 0 Å². The molecule has 0 fully saturated rings. The Morgan fingerprint density at radius 3 is 2.71 bits per heavy atom. The lowest BCUT2D eigenvalue weighted by atomic mass is 10.0. The predicted octanol–water partition coefficient (Wildman–Crippen LogP) is 2.65. The highest BCUT2D eigenvalue weighted by molar-refractivity contribution is 5.31. The van der Waals surface area contributed by atoms with Crippen LogP contribution in [0.1, 0.15) is 22.8 Å². The van der Waals surface area contributed by atoms with Gasteiger partial charge in [-0.3, -0.25) is 0 Å². The van der Waals surface area contributed by atoms with Crippen molar-refractivity contribution < 1.29 is 5.11 Å². The Labute approximate surface area is 82.8 Å². The maximum atomic E-state index is 9.60. The van der Waals surface area contributed by atoms with Gasteiger partial charge in [0.25, 0.3) is 0 Å². The molecule has 0 radical (unpaired) electrons. The van der Waals surface area contributed by atoms with E-state index in [1.54, 1.807) is 0 Å². The van der Waals surface area contributed by atoms with E-state index >= 15 is 0 Å². The summed E-state index contributed by atoms with van der Waals surface area (Å²) in [5, 5.41) is 12.9. The summed E-state index contributed by atoms with van der Waals surface area (Å²) in [5.74, 6) is 0. The Balaban J connectivity index is 2.85. The zero-order chi connectivity index (χ0) is 10.6. The summed E-state index contributed by atoms with van der Waals surface area (Å²) in [5.41, 5.74) is 11.2. The minimum atomic E-state index is -0.704. The molecule has 0 saturated heterocycles. The van der Waals surface area contributed by atoms with Crippen LogP contribution in [0.4, 0.5) is 0 Å². The maximum Gasteiger partial charge on any atom is 0.0846 e. The number of rotatable bonds is 3. The summed E-state index contributed by atoms with van der Waals surface area (Å²) < 4.78 is 0. The lowest BCUT2D eigenvalue weighted by Gasteiger charge is -2.09. The second kappa shape index (κ2) is 4.65. The summed E-state index contributed by atoms with van der Waals surface area (Å²) in [7, 11) is 0. The third-order valence-electron chi connectivity index (χ3n) is 2.23. The van der Waals surface area contributed by atoms with Gasteiger partial charge in [-0.05, 0) is 36.1 Å². The summed E-state index contributed by atoms with van der Waals surface area (Å²) in [6.45, 7) is 4.08. The molecule has 1 aromatic rings. The molecule has 0 bridgehead atoms. The number of azide groups is 1. The zero-order valence-electron chi connectivity index (χ0n) is 8.31. The van der Waals surface area contributed by atoms with Gasteiger partial charge in [0.2, 0.25) is 0 Å². The highest BCUT2D eigenvalue weighted by Gasteiger charge is 2.06. The van der Waals surface area contributed by atoms with E-state index in [2.05, 4.69) is 10.0 Å². The van der Waals surface area contributed by atoms with Crippen molar-refractivity contribution in [2.24, 2.45) is 5.11 Å². The monoisotopic (exact) mass is 191 g/mol. The number of benzene rings is 1. The average molecular weight is 191 g/mol. The molecule has 4 heteroatoms. The van der Waals surface area contributed by atoms with Gasteiger partial charge in [0.15, 0.2) is 0 Å². The fraction of sp³-hybridized carbons (Fsp3) is 0.400. The highest BCUT2D eigenvalue weighted by atomic mass is 16.3. The van der Waals surface area contributed by atoms with Gasteiger partial charge >= 0.3 is 0 Å². The van der Waals surface area contributed by atoms with Gasteiger partial charge in [0.1, 0.15) is 0 Å². The zero-order valence-corrected chi connectivity index (χ0v) is 8.31. The maximum absolute atomic E-state index is 9.60. The van der Waals surface area contributed by atoms with Crippen LogP contribution < -0.4 is 0 Å². The first-order valence-corrected chi connectivity index (χ1v) is 4.41. The lowest BCUT2D eigenvalue weighted by molar-refractivity contribution is 0.186. The smallest absolute Gasteiger partial charge is 0.0846 e. The van der Waals surface area contributed by atoms with Crippen LogP contribution in [0, 0.1) is 13.8 Å². The molecule has 0 aliphatic heterocycles. The van der Waals surface area contributed by atoms with Crippen molar-refractivity contribution in [1.29, 1.82) is 0 Å². The standard InChI is InChI=1S/C10H13N3O/c1-7-3-4-9(5-8(7)2)10(14)6-12-13-11/h3-5,10,14H,6H2,1-2H3/t10-/m1/s1. The van der Waals surface area contributed by atoms with E-state index in [9.17, 15) is 5.11 Å². The van der Waals surface area contributed by atoms with Crippen molar-refractivity contribution in [2.45, 2.75) is 20.0 Å². The molecule has 0 spiro atoms. The normalized spacial score (nSPS) is 11.9. The molecule has 0 aliphatic carbocycles. The molecule has 0 amide bonds. The molecule has 0 saturated carbocycles. The molecule has 1 aromatic carbocycles. The van der Waals surface area contributed by atoms with E-state index in [1.807, 2.05) is 32.0 Å². The Morgan fingerprint density at radius 2 is 2.14 bits per heavy atom. The van der Waals surface area contributed by atoms with Gasteiger partial charge in [-0.25, -0.2) is 0 Å². The lowest BCUT2D eigenvalue weighted by Crippen LogP contribution is -2.01. The number of aryl methyl sites for hydroxylation is 2. The molecule has 1 rings (SSSR count). The minimum absolute atomic E-state index is 0.0823. The van der Waals surface area contributed by atoms with Crippen LogP contribution in [0.3, 0.4) is 0 Å². The van der Waals surface area contributed by atoms with Crippen molar-refractivity contribution in [3.63, 3.8) is 0 Å². The molecule has 14 heavy (non-hydrogen) atoms. The Hall–Kier alpha value is -1.51. The molecule has 4 nitrogen and oxygen atoms in total. The second-order valence-electron chi connectivity index (χ2n) is 3.27. The van der Waals surface area contributed by atoms with Gasteiger partial charge in [-0.15, -0.1) is 0 Å². The summed E-state index contributed by atoms with van der Waals surface area (Å²) in [4.78, 5) is 2.61. The molecular weight excluding hydrogens is 178 g/mol. The van der Waals surface area contributed by atoms with Crippen LogP contribution in [0.5, 0.6) is 0 Å². The van der Waals surface area contributed by atoms with Crippen LogP contribution in [0.25, 0.3) is 10.4 Å². The number of aliphatic hydroxyl groups is 1. The molecule has 74 valence electrons. The largest absolute Gasteiger partial charge is 0.388 e.